The van der Waals surface area contributed by atoms with Crippen LogP contribution in [0.1, 0.15) is 45.4 Å². The number of carbonyl (C=O) groups is 1. The first-order valence-corrected chi connectivity index (χ1v) is 7.23. The Morgan fingerprint density at radius 2 is 1.89 bits per heavy atom. The van der Waals surface area contributed by atoms with Crippen molar-refractivity contribution in [1.29, 1.82) is 0 Å². The van der Waals surface area contributed by atoms with Crippen molar-refractivity contribution in [3.8, 4) is 0 Å². The Morgan fingerprint density at radius 3 is 2.44 bits per heavy atom. The standard InChI is InChI=1S/C14H26N2O2/c1-12-5-9-16(10-6-12)13(17)15(2)11-14(18)7-3-4-8-14/h12,18H,3-11H2,1-2H3. The minimum absolute atomic E-state index is 0.0854. The van der Waals surface area contributed by atoms with E-state index in [-0.39, 0.29) is 6.03 Å². The van der Waals surface area contributed by atoms with E-state index >= 15 is 0 Å². The molecular formula is C14H26N2O2. The molecule has 0 bridgehead atoms. The molecule has 104 valence electrons. The fraction of sp³-hybridized carbons (Fsp3) is 0.929. The summed E-state index contributed by atoms with van der Waals surface area (Å²) in [5.74, 6) is 0.735. The van der Waals surface area contributed by atoms with Crippen molar-refractivity contribution in [2.45, 2.75) is 51.0 Å². The van der Waals surface area contributed by atoms with Crippen LogP contribution in [0.15, 0.2) is 0 Å². The second kappa shape index (κ2) is 5.47. The highest BCUT2D eigenvalue weighted by atomic mass is 16.3. The minimum Gasteiger partial charge on any atom is -0.388 e. The number of likely N-dealkylation sites (tertiary alicyclic amines) is 1. The van der Waals surface area contributed by atoms with Crippen LogP contribution in [0.4, 0.5) is 4.79 Å². The molecule has 1 saturated carbocycles. The molecule has 2 fully saturated rings. The Balaban J connectivity index is 1.84. The molecule has 2 aliphatic rings. The second-order valence-corrected chi connectivity index (χ2v) is 6.24. The number of nitrogens with zero attached hydrogens (tertiary/aromatic N) is 2. The van der Waals surface area contributed by atoms with Gasteiger partial charge in [0.2, 0.25) is 0 Å². The van der Waals surface area contributed by atoms with Crippen molar-refractivity contribution in [1.82, 2.24) is 9.80 Å². The number of urea groups is 1. The first kappa shape index (κ1) is 13.7. The first-order chi connectivity index (χ1) is 8.50. The van der Waals surface area contributed by atoms with Crippen molar-refractivity contribution >= 4 is 6.03 Å². The van der Waals surface area contributed by atoms with E-state index in [1.54, 1.807) is 4.90 Å². The third-order valence-corrected chi connectivity index (χ3v) is 4.45. The topological polar surface area (TPSA) is 43.8 Å². The number of likely N-dealkylation sites (N-methyl/N-ethyl adjacent to an activating group) is 1. The molecule has 0 aromatic carbocycles. The minimum atomic E-state index is -0.631. The Bertz CT molecular complexity index is 292. The zero-order chi connectivity index (χ0) is 13.2. The van der Waals surface area contributed by atoms with Gasteiger partial charge in [-0.05, 0) is 31.6 Å². The number of rotatable bonds is 2. The lowest BCUT2D eigenvalue weighted by atomic mass is 9.99. The van der Waals surface area contributed by atoms with Gasteiger partial charge in [-0.25, -0.2) is 4.79 Å². The van der Waals surface area contributed by atoms with Gasteiger partial charge >= 0.3 is 6.03 Å². The van der Waals surface area contributed by atoms with E-state index in [1.807, 2.05) is 11.9 Å². The molecule has 0 atom stereocenters. The SMILES string of the molecule is CC1CCN(C(=O)N(C)CC2(O)CCCC2)CC1. The molecule has 0 aromatic heterocycles. The van der Waals surface area contributed by atoms with Gasteiger partial charge in [-0.2, -0.15) is 0 Å². The first-order valence-electron chi connectivity index (χ1n) is 7.23. The van der Waals surface area contributed by atoms with Crippen LogP contribution in [0.3, 0.4) is 0 Å². The van der Waals surface area contributed by atoms with Crippen molar-refractivity contribution in [3.05, 3.63) is 0 Å². The molecule has 2 amide bonds. The van der Waals surface area contributed by atoms with Gasteiger partial charge < -0.3 is 14.9 Å². The van der Waals surface area contributed by atoms with Crippen LogP contribution in [0.5, 0.6) is 0 Å². The van der Waals surface area contributed by atoms with Gasteiger partial charge in [0.1, 0.15) is 0 Å². The van der Waals surface area contributed by atoms with Crippen molar-refractivity contribution in [2.24, 2.45) is 5.92 Å². The van der Waals surface area contributed by atoms with E-state index in [9.17, 15) is 9.90 Å². The molecule has 1 aliphatic heterocycles. The number of hydrogen-bond acceptors (Lipinski definition) is 2. The van der Waals surface area contributed by atoms with Crippen LogP contribution in [0.2, 0.25) is 0 Å². The van der Waals surface area contributed by atoms with Gasteiger partial charge in [0, 0.05) is 20.1 Å². The molecular weight excluding hydrogens is 228 g/mol. The Kier molecular flexibility index (Phi) is 4.15. The molecule has 1 heterocycles. The maximum Gasteiger partial charge on any atom is 0.319 e. The summed E-state index contributed by atoms with van der Waals surface area (Å²) in [7, 11) is 1.82. The Hall–Kier alpha value is -0.770. The van der Waals surface area contributed by atoms with Gasteiger partial charge in [0.05, 0.1) is 12.1 Å². The summed E-state index contributed by atoms with van der Waals surface area (Å²) in [6.45, 7) is 4.45. The van der Waals surface area contributed by atoms with E-state index in [0.717, 1.165) is 57.5 Å². The predicted molar refractivity (Wildman–Crippen MR) is 71.4 cm³/mol. The molecule has 1 saturated heterocycles. The van der Waals surface area contributed by atoms with Crippen LogP contribution in [-0.4, -0.2) is 53.2 Å². The highest BCUT2D eigenvalue weighted by molar-refractivity contribution is 5.74. The van der Waals surface area contributed by atoms with Gasteiger partial charge in [-0.1, -0.05) is 19.8 Å². The van der Waals surface area contributed by atoms with Gasteiger partial charge in [0.25, 0.3) is 0 Å². The maximum atomic E-state index is 12.3. The molecule has 1 aliphatic carbocycles. The largest absolute Gasteiger partial charge is 0.388 e. The normalized spacial score (nSPS) is 24.3. The van der Waals surface area contributed by atoms with Crippen molar-refractivity contribution < 1.29 is 9.90 Å². The van der Waals surface area contributed by atoms with Crippen molar-refractivity contribution in [3.63, 3.8) is 0 Å². The molecule has 0 spiro atoms. The van der Waals surface area contributed by atoms with Crippen LogP contribution in [0, 0.1) is 5.92 Å². The molecule has 4 heteroatoms. The monoisotopic (exact) mass is 254 g/mol. The molecule has 18 heavy (non-hydrogen) atoms. The lowest BCUT2D eigenvalue weighted by Gasteiger charge is -2.36. The molecule has 1 N–H and O–H groups in total. The van der Waals surface area contributed by atoms with Gasteiger partial charge in [-0.3, -0.25) is 0 Å². The Morgan fingerprint density at radius 1 is 1.33 bits per heavy atom. The smallest absolute Gasteiger partial charge is 0.319 e. The number of carbonyl (C=O) groups excluding carboxylic acids is 1. The molecule has 2 rings (SSSR count). The zero-order valence-electron chi connectivity index (χ0n) is 11.7. The fourth-order valence-corrected chi connectivity index (χ4v) is 3.14. The highest BCUT2D eigenvalue weighted by Crippen LogP contribution is 2.30. The van der Waals surface area contributed by atoms with E-state index in [1.165, 1.54) is 0 Å². The zero-order valence-corrected chi connectivity index (χ0v) is 11.7. The third kappa shape index (κ3) is 3.16. The average Bonchev–Trinajstić information content (AvgIpc) is 2.76. The highest BCUT2D eigenvalue weighted by Gasteiger charge is 2.34. The van der Waals surface area contributed by atoms with E-state index in [4.69, 9.17) is 0 Å². The summed E-state index contributed by atoms with van der Waals surface area (Å²) in [4.78, 5) is 15.9. The van der Waals surface area contributed by atoms with Crippen LogP contribution in [0.25, 0.3) is 0 Å². The molecule has 0 unspecified atom stereocenters. The molecule has 0 radical (unpaired) electrons. The summed E-state index contributed by atoms with van der Waals surface area (Å²) in [5.41, 5.74) is -0.631. The van der Waals surface area contributed by atoms with Crippen molar-refractivity contribution in [2.75, 3.05) is 26.7 Å². The maximum absolute atomic E-state index is 12.3. The summed E-state index contributed by atoms with van der Waals surface area (Å²) in [6, 6.07) is 0.0854. The van der Waals surface area contributed by atoms with Gasteiger partial charge in [0.15, 0.2) is 0 Å². The van der Waals surface area contributed by atoms with E-state index < -0.39 is 5.60 Å². The number of hydrogen-bond donors (Lipinski definition) is 1. The molecule has 0 aromatic rings. The number of piperidine rings is 1. The summed E-state index contributed by atoms with van der Waals surface area (Å²) in [6.07, 6.45) is 6.04. The van der Waals surface area contributed by atoms with Crippen LogP contribution < -0.4 is 0 Å². The van der Waals surface area contributed by atoms with Gasteiger partial charge in [-0.15, -0.1) is 0 Å². The summed E-state index contributed by atoms with van der Waals surface area (Å²) < 4.78 is 0. The van der Waals surface area contributed by atoms with Crippen LogP contribution >= 0.6 is 0 Å². The Labute approximate surface area is 110 Å². The van der Waals surface area contributed by atoms with E-state index in [2.05, 4.69) is 6.92 Å². The molecule has 4 nitrogen and oxygen atoms in total. The number of aliphatic hydroxyl groups is 1. The van der Waals surface area contributed by atoms with Crippen LogP contribution in [-0.2, 0) is 0 Å². The lowest BCUT2D eigenvalue weighted by molar-refractivity contribution is 0.0193. The predicted octanol–water partition coefficient (Wildman–Crippen LogP) is 2.08. The third-order valence-electron chi connectivity index (χ3n) is 4.45. The van der Waals surface area contributed by atoms with E-state index in [0.29, 0.717) is 6.54 Å². The fourth-order valence-electron chi connectivity index (χ4n) is 3.14. The quantitative estimate of drug-likeness (QED) is 0.820. The number of amides is 2. The average molecular weight is 254 g/mol. The lowest BCUT2D eigenvalue weighted by Crippen LogP contribution is -2.49. The summed E-state index contributed by atoms with van der Waals surface area (Å²) in [5, 5.41) is 10.3. The second-order valence-electron chi connectivity index (χ2n) is 6.24. The summed E-state index contributed by atoms with van der Waals surface area (Å²) >= 11 is 0.